The maximum Gasteiger partial charge on any atom is 0.339 e. The Morgan fingerprint density at radius 1 is 1.64 bits per heavy atom. The molecule has 0 aliphatic rings. The molecule has 76 valence electrons. The topological polar surface area (TPSA) is 39.2 Å². The highest BCUT2D eigenvalue weighted by Crippen LogP contribution is 2.27. The van der Waals surface area contributed by atoms with Gasteiger partial charge in [0.2, 0.25) is 0 Å². The van der Waals surface area contributed by atoms with Gasteiger partial charge in [0.25, 0.3) is 6.43 Å². The normalized spacial score (nSPS) is 10.4. The molecule has 0 radical (unpaired) electrons. The first-order chi connectivity index (χ1) is 6.57. The van der Waals surface area contributed by atoms with Gasteiger partial charge >= 0.3 is 5.97 Å². The zero-order valence-corrected chi connectivity index (χ0v) is 7.89. The first-order valence-corrected chi connectivity index (χ1v) is 3.96. The molecule has 0 bridgehead atoms. The summed E-state index contributed by atoms with van der Waals surface area (Å²) in [6.07, 6.45) is -1.73. The summed E-state index contributed by atoms with van der Waals surface area (Å²) in [6.45, 7) is 0. The summed E-state index contributed by atoms with van der Waals surface area (Å²) in [4.78, 5) is 14.4. The number of ether oxygens (including phenoxy) is 1. The van der Waals surface area contributed by atoms with E-state index < -0.39 is 18.1 Å². The van der Waals surface area contributed by atoms with Gasteiger partial charge in [0.05, 0.1) is 17.7 Å². The molecule has 0 unspecified atom stereocenters. The highest BCUT2D eigenvalue weighted by Gasteiger charge is 2.20. The SMILES string of the molecule is COC(=O)c1ccnc(C(F)F)c1Cl. The van der Waals surface area contributed by atoms with Crippen LogP contribution in [-0.4, -0.2) is 18.1 Å². The lowest BCUT2D eigenvalue weighted by atomic mass is 10.2. The Balaban J connectivity index is 3.20. The van der Waals surface area contributed by atoms with Gasteiger partial charge in [0.1, 0.15) is 5.69 Å². The number of carbonyl (C=O) groups excluding carboxylic acids is 1. The highest BCUT2D eigenvalue weighted by molar-refractivity contribution is 6.34. The number of pyridine rings is 1. The van der Waals surface area contributed by atoms with E-state index in [1.165, 1.54) is 6.07 Å². The minimum atomic E-state index is -2.81. The molecule has 1 aromatic rings. The minimum absolute atomic E-state index is 0.112. The lowest BCUT2D eigenvalue weighted by Crippen LogP contribution is -2.05. The van der Waals surface area contributed by atoms with Crippen molar-refractivity contribution in [1.82, 2.24) is 4.98 Å². The maximum atomic E-state index is 12.3. The molecule has 0 aromatic carbocycles. The van der Waals surface area contributed by atoms with E-state index in [1.807, 2.05) is 0 Å². The molecule has 0 saturated carbocycles. The van der Waals surface area contributed by atoms with E-state index in [0.717, 1.165) is 13.3 Å². The third kappa shape index (κ3) is 1.98. The van der Waals surface area contributed by atoms with Gasteiger partial charge in [-0.1, -0.05) is 11.6 Å². The fourth-order valence-electron chi connectivity index (χ4n) is 0.880. The summed E-state index contributed by atoms with van der Waals surface area (Å²) in [5.74, 6) is -0.765. The molecule has 0 atom stereocenters. The van der Waals surface area contributed by atoms with Crippen molar-refractivity contribution < 1.29 is 18.3 Å². The van der Waals surface area contributed by atoms with Gasteiger partial charge in [-0.25, -0.2) is 13.6 Å². The molecule has 0 fully saturated rings. The van der Waals surface area contributed by atoms with Crippen LogP contribution >= 0.6 is 11.6 Å². The number of halogens is 3. The lowest BCUT2D eigenvalue weighted by molar-refractivity contribution is 0.0600. The molecule has 0 aliphatic heterocycles. The Morgan fingerprint density at radius 2 is 2.29 bits per heavy atom. The number of aromatic nitrogens is 1. The predicted molar refractivity (Wildman–Crippen MR) is 45.5 cm³/mol. The predicted octanol–water partition coefficient (Wildman–Crippen LogP) is 2.46. The van der Waals surface area contributed by atoms with Crippen LogP contribution in [0, 0.1) is 0 Å². The van der Waals surface area contributed by atoms with Crippen molar-refractivity contribution in [3.05, 3.63) is 28.5 Å². The van der Waals surface area contributed by atoms with Crippen molar-refractivity contribution >= 4 is 17.6 Å². The summed E-state index contributed by atoms with van der Waals surface area (Å²) < 4.78 is 28.9. The van der Waals surface area contributed by atoms with Crippen LogP contribution in [0.2, 0.25) is 5.02 Å². The van der Waals surface area contributed by atoms with Crippen LogP contribution in [0.25, 0.3) is 0 Å². The van der Waals surface area contributed by atoms with E-state index in [0.29, 0.717) is 0 Å². The molecule has 1 heterocycles. The van der Waals surface area contributed by atoms with Gasteiger partial charge in [-0.3, -0.25) is 4.98 Å². The Hall–Kier alpha value is -1.23. The standard InChI is InChI=1S/C8H6ClF2NO2/c1-14-8(13)4-2-3-12-6(5(4)9)7(10)11/h2-3,7H,1H3. The van der Waals surface area contributed by atoms with E-state index >= 15 is 0 Å². The molecule has 6 heteroatoms. The number of hydrogen-bond donors (Lipinski definition) is 0. The van der Waals surface area contributed by atoms with Crippen LogP contribution in [0.15, 0.2) is 12.3 Å². The fourth-order valence-corrected chi connectivity index (χ4v) is 1.15. The molecule has 0 amide bonds. The van der Waals surface area contributed by atoms with E-state index in [9.17, 15) is 13.6 Å². The van der Waals surface area contributed by atoms with Crippen molar-refractivity contribution in [2.45, 2.75) is 6.43 Å². The quantitative estimate of drug-likeness (QED) is 0.720. The first kappa shape index (κ1) is 10.8. The van der Waals surface area contributed by atoms with Gasteiger partial charge in [0, 0.05) is 6.20 Å². The molecule has 1 rings (SSSR count). The Morgan fingerprint density at radius 3 is 2.79 bits per heavy atom. The third-order valence-electron chi connectivity index (χ3n) is 1.53. The second kappa shape index (κ2) is 4.32. The van der Waals surface area contributed by atoms with Gasteiger partial charge in [0.15, 0.2) is 0 Å². The number of methoxy groups -OCH3 is 1. The number of alkyl halides is 2. The van der Waals surface area contributed by atoms with Gasteiger partial charge in [-0.15, -0.1) is 0 Å². The molecule has 14 heavy (non-hydrogen) atoms. The Bertz CT molecular complexity index is 357. The van der Waals surface area contributed by atoms with Crippen molar-refractivity contribution in [3.63, 3.8) is 0 Å². The summed E-state index contributed by atoms with van der Waals surface area (Å²) in [5.41, 5.74) is -0.728. The number of rotatable bonds is 2. The van der Waals surface area contributed by atoms with Gasteiger partial charge < -0.3 is 4.74 Å². The summed E-state index contributed by atoms with van der Waals surface area (Å²) in [5, 5.41) is -0.366. The van der Waals surface area contributed by atoms with Crippen LogP contribution in [0.5, 0.6) is 0 Å². The van der Waals surface area contributed by atoms with E-state index in [1.54, 1.807) is 0 Å². The molecule has 0 N–H and O–H groups in total. The van der Waals surface area contributed by atoms with E-state index in [2.05, 4.69) is 9.72 Å². The van der Waals surface area contributed by atoms with Crippen molar-refractivity contribution in [3.8, 4) is 0 Å². The zero-order chi connectivity index (χ0) is 10.7. The highest BCUT2D eigenvalue weighted by atomic mass is 35.5. The van der Waals surface area contributed by atoms with Crippen molar-refractivity contribution in [1.29, 1.82) is 0 Å². The molecule has 3 nitrogen and oxygen atoms in total. The third-order valence-corrected chi connectivity index (χ3v) is 1.93. The average Bonchev–Trinajstić information content (AvgIpc) is 2.16. The smallest absolute Gasteiger partial charge is 0.339 e. The fraction of sp³-hybridized carbons (Fsp3) is 0.250. The number of nitrogens with zero attached hydrogens (tertiary/aromatic N) is 1. The first-order valence-electron chi connectivity index (χ1n) is 3.58. The Labute approximate surface area is 83.7 Å². The van der Waals surface area contributed by atoms with E-state index in [4.69, 9.17) is 11.6 Å². The summed E-state index contributed by atoms with van der Waals surface area (Å²) in [6, 6.07) is 1.22. The monoisotopic (exact) mass is 221 g/mol. The van der Waals surface area contributed by atoms with Crippen molar-refractivity contribution in [2.75, 3.05) is 7.11 Å². The second-order valence-corrected chi connectivity index (χ2v) is 2.73. The molecule has 0 spiro atoms. The van der Waals surface area contributed by atoms with Crippen LogP contribution in [0.3, 0.4) is 0 Å². The average molecular weight is 222 g/mol. The molecule has 0 aliphatic carbocycles. The molecular weight excluding hydrogens is 216 g/mol. The van der Waals surface area contributed by atoms with Crippen LogP contribution in [-0.2, 0) is 4.74 Å². The van der Waals surface area contributed by atoms with E-state index in [-0.39, 0.29) is 10.6 Å². The van der Waals surface area contributed by atoms with Crippen LogP contribution in [0.4, 0.5) is 8.78 Å². The zero-order valence-electron chi connectivity index (χ0n) is 7.13. The molecule has 1 aromatic heterocycles. The maximum absolute atomic E-state index is 12.3. The number of esters is 1. The molecule has 0 saturated heterocycles. The van der Waals surface area contributed by atoms with Gasteiger partial charge in [-0.05, 0) is 6.07 Å². The van der Waals surface area contributed by atoms with Crippen LogP contribution in [0.1, 0.15) is 22.5 Å². The number of hydrogen-bond acceptors (Lipinski definition) is 3. The second-order valence-electron chi connectivity index (χ2n) is 2.35. The van der Waals surface area contributed by atoms with Gasteiger partial charge in [-0.2, -0.15) is 0 Å². The summed E-state index contributed by atoms with van der Waals surface area (Å²) in [7, 11) is 1.14. The summed E-state index contributed by atoms with van der Waals surface area (Å²) >= 11 is 5.53. The van der Waals surface area contributed by atoms with Crippen molar-refractivity contribution in [2.24, 2.45) is 0 Å². The largest absolute Gasteiger partial charge is 0.465 e. The van der Waals surface area contributed by atoms with Crippen LogP contribution < -0.4 is 0 Å². The minimum Gasteiger partial charge on any atom is -0.465 e. The number of carbonyl (C=O) groups is 1. The lowest BCUT2D eigenvalue weighted by Gasteiger charge is -2.05. The molecular formula is C8H6ClF2NO2. The Kier molecular flexibility index (Phi) is 3.35.